The van der Waals surface area contributed by atoms with Crippen LogP contribution in [-0.2, 0) is 9.47 Å². The molecule has 1 saturated heterocycles. The largest absolute Gasteiger partial charge is 0.392 e. The fraction of sp³-hybridized carbons (Fsp3) is 0.818. The third-order valence-corrected chi connectivity index (χ3v) is 8.77. The molecular weight excluding hydrogens is 328 g/mol. The summed E-state index contributed by atoms with van der Waals surface area (Å²) in [6.45, 7) is 4.11. The second-order valence-electron chi connectivity index (χ2n) is 10.1. The van der Waals surface area contributed by atoms with Gasteiger partial charge in [0, 0.05) is 5.41 Å². The predicted molar refractivity (Wildman–Crippen MR) is 96.2 cm³/mol. The van der Waals surface area contributed by atoms with Gasteiger partial charge in [0.25, 0.3) is 0 Å². The first-order valence-electron chi connectivity index (χ1n) is 10.5. The van der Waals surface area contributed by atoms with Crippen LogP contribution in [0.1, 0.15) is 58.8 Å². The van der Waals surface area contributed by atoms with Crippen molar-refractivity contribution < 1.29 is 19.7 Å². The highest BCUT2D eigenvalue weighted by molar-refractivity contribution is 5.58. The van der Waals surface area contributed by atoms with E-state index < -0.39 is 11.4 Å². The van der Waals surface area contributed by atoms with E-state index in [1.54, 1.807) is 0 Å². The second kappa shape index (κ2) is 4.65. The van der Waals surface area contributed by atoms with Crippen molar-refractivity contribution in [2.75, 3.05) is 6.61 Å². The summed E-state index contributed by atoms with van der Waals surface area (Å²) in [6.07, 6.45) is 11.9. The van der Waals surface area contributed by atoms with E-state index in [4.69, 9.17) is 9.47 Å². The Bertz CT molecular complexity index is 730. The monoisotopic (exact) mass is 358 g/mol. The van der Waals surface area contributed by atoms with E-state index in [1.165, 1.54) is 5.57 Å². The quantitative estimate of drug-likeness (QED) is 0.796. The SMILES string of the molecule is CC1(C)O[C@H]2C3=C(CO)C=C[C@@H]4[C@H](C5(O)CCCC5)[C@H]5CCC[C@@]2(O1)[C@@]345. The van der Waals surface area contributed by atoms with Gasteiger partial charge in [-0.2, -0.15) is 0 Å². The van der Waals surface area contributed by atoms with Crippen molar-refractivity contribution in [2.45, 2.75) is 81.9 Å². The van der Waals surface area contributed by atoms with E-state index in [0.29, 0.717) is 17.8 Å². The molecule has 26 heavy (non-hydrogen) atoms. The van der Waals surface area contributed by atoms with Crippen LogP contribution in [0.15, 0.2) is 23.3 Å². The number of allylic oxidation sites excluding steroid dienone is 1. The molecule has 142 valence electrons. The van der Waals surface area contributed by atoms with Crippen molar-refractivity contribution in [1.29, 1.82) is 0 Å². The lowest BCUT2D eigenvalue weighted by atomic mass is 9.25. The maximum absolute atomic E-state index is 11.5. The highest BCUT2D eigenvalue weighted by Gasteiger charge is 2.87. The molecular formula is C22H30O4. The molecule has 5 fully saturated rings. The van der Waals surface area contributed by atoms with Crippen molar-refractivity contribution in [1.82, 2.24) is 0 Å². The first-order valence-corrected chi connectivity index (χ1v) is 10.5. The van der Waals surface area contributed by atoms with Crippen LogP contribution in [-0.4, -0.2) is 39.9 Å². The molecule has 2 N–H and O–H groups in total. The van der Waals surface area contributed by atoms with Crippen LogP contribution in [0.3, 0.4) is 0 Å². The Kier molecular flexibility index (Phi) is 2.91. The molecule has 0 radical (unpaired) electrons. The highest BCUT2D eigenvalue weighted by Crippen LogP contribution is 2.84. The minimum atomic E-state index is -0.577. The first-order chi connectivity index (χ1) is 12.4. The number of rotatable bonds is 2. The summed E-state index contributed by atoms with van der Waals surface area (Å²) in [7, 11) is 0. The van der Waals surface area contributed by atoms with Crippen molar-refractivity contribution in [3.05, 3.63) is 23.3 Å². The maximum Gasteiger partial charge on any atom is 0.164 e. The lowest BCUT2D eigenvalue weighted by molar-refractivity contribution is -0.317. The summed E-state index contributed by atoms with van der Waals surface area (Å²) >= 11 is 0. The molecule has 6 atom stereocenters. The maximum atomic E-state index is 11.5. The van der Waals surface area contributed by atoms with Gasteiger partial charge in [0.05, 0.1) is 12.2 Å². The van der Waals surface area contributed by atoms with Gasteiger partial charge < -0.3 is 19.7 Å². The summed E-state index contributed by atoms with van der Waals surface area (Å²) in [5.74, 6) is 0.544. The molecule has 4 nitrogen and oxygen atoms in total. The normalized spacial score (nSPS) is 52.0. The van der Waals surface area contributed by atoms with Crippen molar-refractivity contribution in [2.24, 2.45) is 23.2 Å². The number of hydrogen-bond acceptors (Lipinski definition) is 4. The fourth-order valence-corrected chi connectivity index (χ4v) is 8.34. The summed E-state index contributed by atoms with van der Waals surface area (Å²) < 4.78 is 13.1. The van der Waals surface area contributed by atoms with E-state index >= 15 is 0 Å². The van der Waals surface area contributed by atoms with Crippen LogP contribution < -0.4 is 0 Å². The Hall–Kier alpha value is -0.680. The lowest BCUT2D eigenvalue weighted by Gasteiger charge is -2.79. The summed E-state index contributed by atoms with van der Waals surface area (Å²) in [6, 6.07) is 0. The van der Waals surface area contributed by atoms with Gasteiger partial charge in [-0.1, -0.05) is 31.4 Å². The zero-order valence-corrected chi connectivity index (χ0v) is 15.8. The molecule has 1 heterocycles. The smallest absolute Gasteiger partial charge is 0.164 e. The number of fused-ring (bicyclic) bond motifs is 1. The number of hydrogen-bond donors (Lipinski definition) is 2. The molecule has 0 amide bonds. The molecule has 0 aromatic carbocycles. The Morgan fingerprint density at radius 3 is 2.65 bits per heavy atom. The summed E-state index contributed by atoms with van der Waals surface area (Å²) in [5.41, 5.74) is 1.54. The molecule has 4 saturated carbocycles. The van der Waals surface area contributed by atoms with Crippen molar-refractivity contribution in [3.63, 3.8) is 0 Å². The molecule has 6 rings (SSSR count). The van der Waals surface area contributed by atoms with Gasteiger partial charge >= 0.3 is 0 Å². The molecule has 6 aliphatic rings. The van der Waals surface area contributed by atoms with Gasteiger partial charge in [-0.15, -0.1) is 0 Å². The molecule has 0 aromatic rings. The highest BCUT2D eigenvalue weighted by atomic mass is 16.8. The first kappa shape index (κ1) is 16.3. The van der Waals surface area contributed by atoms with Gasteiger partial charge in [0.2, 0.25) is 0 Å². The van der Waals surface area contributed by atoms with Crippen molar-refractivity contribution in [3.8, 4) is 0 Å². The Morgan fingerprint density at radius 1 is 1.15 bits per heavy atom. The molecule has 0 bridgehead atoms. The van der Waals surface area contributed by atoms with Gasteiger partial charge in [-0.25, -0.2) is 0 Å². The Morgan fingerprint density at radius 2 is 1.92 bits per heavy atom. The average molecular weight is 358 g/mol. The molecule has 2 spiro atoms. The van der Waals surface area contributed by atoms with Crippen LogP contribution in [0.4, 0.5) is 0 Å². The Labute approximate surface area is 155 Å². The van der Waals surface area contributed by atoms with Gasteiger partial charge in [-0.05, 0) is 68.4 Å². The van der Waals surface area contributed by atoms with Gasteiger partial charge in [-0.3, -0.25) is 0 Å². The zero-order chi connectivity index (χ0) is 17.9. The molecule has 5 aliphatic carbocycles. The van der Waals surface area contributed by atoms with Gasteiger partial charge in [0.1, 0.15) is 11.7 Å². The van der Waals surface area contributed by atoms with Crippen LogP contribution in [0, 0.1) is 23.2 Å². The predicted octanol–water partition coefficient (Wildman–Crippen LogP) is 3.09. The minimum Gasteiger partial charge on any atom is -0.392 e. The molecule has 0 aromatic heterocycles. The Balaban J connectivity index is 1.51. The van der Waals surface area contributed by atoms with Crippen LogP contribution >= 0.6 is 0 Å². The van der Waals surface area contributed by atoms with Crippen LogP contribution in [0.5, 0.6) is 0 Å². The number of aliphatic hydroxyl groups excluding tert-OH is 1. The lowest BCUT2D eigenvalue weighted by Crippen LogP contribution is -2.84. The average Bonchev–Trinajstić information content (AvgIpc) is 3.08. The zero-order valence-electron chi connectivity index (χ0n) is 15.8. The van der Waals surface area contributed by atoms with Crippen molar-refractivity contribution >= 4 is 0 Å². The van der Waals surface area contributed by atoms with E-state index in [1.807, 2.05) is 13.8 Å². The fourth-order valence-electron chi connectivity index (χ4n) is 8.34. The second-order valence-corrected chi connectivity index (χ2v) is 10.1. The van der Waals surface area contributed by atoms with E-state index in [-0.39, 0.29) is 23.7 Å². The molecule has 4 heteroatoms. The van der Waals surface area contributed by atoms with E-state index in [2.05, 4.69) is 12.2 Å². The van der Waals surface area contributed by atoms with Crippen LogP contribution in [0.2, 0.25) is 0 Å². The third kappa shape index (κ3) is 1.49. The molecule has 1 aliphatic heterocycles. The number of ether oxygens (including phenoxy) is 2. The minimum absolute atomic E-state index is 0.0194. The van der Waals surface area contributed by atoms with E-state index in [0.717, 1.165) is 50.5 Å². The third-order valence-electron chi connectivity index (χ3n) is 8.77. The summed E-state index contributed by atoms with van der Waals surface area (Å²) in [4.78, 5) is 0. The van der Waals surface area contributed by atoms with Gasteiger partial charge in [0.15, 0.2) is 5.79 Å². The topological polar surface area (TPSA) is 58.9 Å². The van der Waals surface area contributed by atoms with E-state index in [9.17, 15) is 10.2 Å². The standard InChI is InChI=1S/C22H30O4/c1-19(2)25-18-16-13(12-23)7-8-15-17(20(24)9-3-4-10-20)14-6-5-11-21(18,26-19)22(14,15)16/h7-8,14-15,17-18,23-24H,3-6,9-12H2,1-2H3/t14-,15-,17-,18+,21+,22-/m1/s1. The van der Waals surface area contributed by atoms with Crippen LogP contribution in [0.25, 0.3) is 0 Å². The summed E-state index contributed by atoms with van der Waals surface area (Å²) in [5, 5.41) is 21.5. The molecule has 0 unspecified atom stereocenters. The number of aliphatic hydroxyl groups is 2.